The van der Waals surface area contributed by atoms with Crippen molar-refractivity contribution in [3.05, 3.63) is 103 Å². The fourth-order valence-electron chi connectivity index (χ4n) is 2.52. The molecule has 0 fully saturated rings. The van der Waals surface area contributed by atoms with Gasteiger partial charge >= 0.3 is 0 Å². The third-order valence-electron chi connectivity index (χ3n) is 3.96. The molecule has 0 aliphatic heterocycles. The number of benzene rings is 3. The van der Waals surface area contributed by atoms with Gasteiger partial charge in [-0.3, -0.25) is 0 Å². The van der Waals surface area contributed by atoms with E-state index >= 15 is 0 Å². The van der Waals surface area contributed by atoms with E-state index in [0.29, 0.717) is 0 Å². The van der Waals surface area contributed by atoms with Crippen molar-refractivity contribution in [2.45, 2.75) is 6.92 Å². The molecule has 0 aliphatic carbocycles. The van der Waals surface area contributed by atoms with Crippen LogP contribution in [0.5, 0.6) is 0 Å². The highest BCUT2D eigenvalue weighted by atomic mass is 79.9. The van der Waals surface area contributed by atoms with Gasteiger partial charge in [0.25, 0.3) is 0 Å². The summed E-state index contributed by atoms with van der Waals surface area (Å²) in [5.41, 5.74) is 6.11. The molecule has 0 heterocycles. The van der Waals surface area contributed by atoms with E-state index in [-0.39, 0.29) is 0 Å². The van der Waals surface area contributed by atoms with Gasteiger partial charge < -0.3 is 0 Å². The molecule has 0 bridgehead atoms. The molecule has 0 saturated carbocycles. The number of hydrogen-bond acceptors (Lipinski definition) is 0. The molecule has 0 nitrogen and oxygen atoms in total. The second kappa shape index (κ2) is 8.46. The van der Waals surface area contributed by atoms with Crippen molar-refractivity contribution in [2.75, 3.05) is 0 Å². The first-order valence-electron chi connectivity index (χ1n) is 8.08. The maximum atomic E-state index is 3.46. The van der Waals surface area contributed by atoms with Gasteiger partial charge in [0.15, 0.2) is 0 Å². The lowest BCUT2D eigenvalue weighted by Crippen LogP contribution is -1.82. The Kier molecular flexibility index (Phi) is 6.06. The van der Waals surface area contributed by atoms with Crippen LogP contribution in [0.1, 0.15) is 27.8 Å². The largest absolute Gasteiger partial charge is 0.0544 e. The summed E-state index contributed by atoms with van der Waals surface area (Å²) in [5.74, 6) is 0. The highest BCUT2D eigenvalue weighted by molar-refractivity contribution is 9.10. The Morgan fingerprint density at radius 3 is 1.52 bits per heavy atom. The standard InChI is InChI=1S/C23H18Br2/c1-17-16-20(3-2-18-6-12-22(24)13-7-18)5-11-21(17)10-4-19-8-14-23(25)15-9-19/h2-16H,1H3/b3-2+,10-4-. The monoisotopic (exact) mass is 452 g/mol. The number of aryl methyl sites for hydroxylation is 1. The normalized spacial score (nSPS) is 11.5. The SMILES string of the molecule is Cc1cc(/C=C/c2ccc(Br)cc2)ccc1/C=C\c1ccc(Br)cc1. The van der Waals surface area contributed by atoms with Gasteiger partial charge in [-0.1, -0.05) is 98.6 Å². The van der Waals surface area contributed by atoms with Crippen molar-refractivity contribution < 1.29 is 0 Å². The Bertz CT molecular complexity index is 902. The van der Waals surface area contributed by atoms with Gasteiger partial charge in [0.05, 0.1) is 0 Å². The molecule has 25 heavy (non-hydrogen) atoms. The fraction of sp³-hybridized carbons (Fsp3) is 0.0435. The van der Waals surface area contributed by atoms with E-state index < -0.39 is 0 Å². The van der Waals surface area contributed by atoms with Crippen LogP contribution in [0.3, 0.4) is 0 Å². The van der Waals surface area contributed by atoms with E-state index in [2.05, 4.69) is 130 Å². The van der Waals surface area contributed by atoms with Gasteiger partial charge in [-0.25, -0.2) is 0 Å². The topological polar surface area (TPSA) is 0 Å². The summed E-state index contributed by atoms with van der Waals surface area (Å²) in [5, 5.41) is 0. The zero-order chi connectivity index (χ0) is 17.6. The molecule has 2 heteroatoms. The van der Waals surface area contributed by atoms with E-state index in [1.54, 1.807) is 0 Å². The average molecular weight is 454 g/mol. The number of rotatable bonds is 4. The minimum atomic E-state index is 1.10. The van der Waals surface area contributed by atoms with Crippen LogP contribution in [0.2, 0.25) is 0 Å². The zero-order valence-electron chi connectivity index (χ0n) is 13.9. The Hall–Kier alpha value is -1.90. The van der Waals surface area contributed by atoms with E-state index in [4.69, 9.17) is 0 Å². The lowest BCUT2D eigenvalue weighted by Gasteiger charge is -2.03. The molecular weight excluding hydrogens is 436 g/mol. The van der Waals surface area contributed by atoms with Crippen LogP contribution in [0.4, 0.5) is 0 Å². The molecule has 0 aliphatic rings. The summed E-state index contributed by atoms with van der Waals surface area (Å²) in [4.78, 5) is 0. The first kappa shape index (κ1) is 17.9. The summed E-state index contributed by atoms with van der Waals surface area (Å²) in [6.45, 7) is 2.15. The summed E-state index contributed by atoms with van der Waals surface area (Å²) in [7, 11) is 0. The lowest BCUT2D eigenvalue weighted by molar-refractivity contribution is 1.43. The Morgan fingerprint density at radius 2 is 1.00 bits per heavy atom. The molecule has 3 rings (SSSR count). The number of hydrogen-bond donors (Lipinski definition) is 0. The quantitative estimate of drug-likeness (QED) is 0.352. The van der Waals surface area contributed by atoms with Gasteiger partial charge in [0.1, 0.15) is 0 Å². The molecule has 0 aromatic heterocycles. The molecule has 0 spiro atoms. The van der Waals surface area contributed by atoms with Crippen molar-refractivity contribution in [3.8, 4) is 0 Å². The molecule has 3 aromatic rings. The zero-order valence-corrected chi connectivity index (χ0v) is 17.1. The maximum Gasteiger partial charge on any atom is 0.0175 e. The lowest BCUT2D eigenvalue weighted by atomic mass is 10.0. The van der Waals surface area contributed by atoms with E-state index in [1.165, 1.54) is 27.8 Å². The van der Waals surface area contributed by atoms with Crippen LogP contribution in [0, 0.1) is 6.92 Å². The van der Waals surface area contributed by atoms with Gasteiger partial charge in [0.2, 0.25) is 0 Å². The predicted octanol–water partition coefficient (Wildman–Crippen LogP) is 7.86. The fourth-order valence-corrected chi connectivity index (χ4v) is 3.04. The third kappa shape index (κ3) is 5.29. The van der Waals surface area contributed by atoms with Crippen LogP contribution >= 0.6 is 31.9 Å². The molecule has 0 saturated heterocycles. The summed E-state index contributed by atoms with van der Waals surface area (Å²) in [6, 6.07) is 23.2. The Labute approximate surface area is 166 Å². The molecule has 124 valence electrons. The summed E-state index contributed by atoms with van der Waals surface area (Å²) < 4.78 is 2.20. The van der Waals surface area contributed by atoms with Crippen molar-refractivity contribution in [3.63, 3.8) is 0 Å². The Morgan fingerprint density at radius 1 is 0.560 bits per heavy atom. The molecule has 0 N–H and O–H groups in total. The first-order chi connectivity index (χ1) is 12.1. The molecular formula is C23H18Br2. The number of halogens is 2. The smallest absolute Gasteiger partial charge is 0.0175 e. The molecule has 0 unspecified atom stereocenters. The van der Waals surface area contributed by atoms with Crippen molar-refractivity contribution in [1.82, 2.24) is 0 Å². The maximum absolute atomic E-state index is 3.46. The van der Waals surface area contributed by atoms with Crippen molar-refractivity contribution >= 4 is 56.2 Å². The van der Waals surface area contributed by atoms with Crippen LogP contribution in [0.25, 0.3) is 24.3 Å². The van der Waals surface area contributed by atoms with E-state index in [1.807, 2.05) is 0 Å². The first-order valence-corrected chi connectivity index (χ1v) is 9.67. The van der Waals surface area contributed by atoms with E-state index in [9.17, 15) is 0 Å². The van der Waals surface area contributed by atoms with Gasteiger partial charge in [-0.2, -0.15) is 0 Å². The highest BCUT2D eigenvalue weighted by Crippen LogP contribution is 2.18. The predicted molar refractivity (Wildman–Crippen MR) is 117 cm³/mol. The van der Waals surface area contributed by atoms with Crippen LogP contribution in [-0.2, 0) is 0 Å². The highest BCUT2D eigenvalue weighted by Gasteiger charge is 1.96. The Balaban J connectivity index is 1.74. The van der Waals surface area contributed by atoms with Crippen molar-refractivity contribution in [2.24, 2.45) is 0 Å². The second-order valence-electron chi connectivity index (χ2n) is 5.89. The third-order valence-corrected chi connectivity index (χ3v) is 5.01. The van der Waals surface area contributed by atoms with Crippen LogP contribution in [0.15, 0.2) is 75.7 Å². The average Bonchev–Trinajstić information content (AvgIpc) is 2.62. The van der Waals surface area contributed by atoms with E-state index in [0.717, 1.165) is 8.95 Å². The van der Waals surface area contributed by atoms with Gasteiger partial charge in [-0.15, -0.1) is 0 Å². The van der Waals surface area contributed by atoms with Crippen LogP contribution in [-0.4, -0.2) is 0 Å². The minimum absolute atomic E-state index is 1.10. The molecule has 0 atom stereocenters. The van der Waals surface area contributed by atoms with Gasteiger partial charge in [-0.05, 0) is 59.0 Å². The second-order valence-corrected chi connectivity index (χ2v) is 7.72. The summed E-state index contributed by atoms with van der Waals surface area (Å²) >= 11 is 6.92. The molecule has 3 aromatic carbocycles. The van der Waals surface area contributed by atoms with Crippen LogP contribution < -0.4 is 0 Å². The summed E-state index contributed by atoms with van der Waals surface area (Å²) in [6.07, 6.45) is 8.60. The molecule has 0 radical (unpaired) electrons. The van der Waals surface area contributed by atoms with Crippen molar-refractivity contribution in [1.29, 1.82) is 0 Å². The minimum Gasteiger partial charge on any atom is -0.0544 e. The van der Waals surface area contributed by atoms with Gasteiger partial charge in [0, 0.05) is 8.95 Å². The molecule has 0 amide bonds.